The maximum atomic E-state index is 14.5. The summed E-state index contributed by atoms with van der Waals surface area (Å²) in [6.45, 7) is 5.69. The first-order valence-corrected chi connectivity index (χ1v) is 12.5. The molecule has 188 valence electrons. The fourth-order valence-corrected chi connectivity index (χ4v) is 6.25. The zero-order valence-corrected chi connectivity index (χ0v) is 20.1. The third-order valence-electron chi connectivity index (χ3n) is 8.37. The first-order valence-electron chi connectivity index (χ1n) is 12.5. The number of hydrogen-bond acceptors (Lipinski definition) is 5. The van der Waals surface area contributed by atoms with Crippen LogP contribution in [0.4, 0.5) is 8.78 Å². The molecule has 1 aliphatic heterocycles. The maximum absolute atomic E-state index is 14.5. The van der Waals surface area contributed by atoms with Gasteiger partial charge in [0.25, 0.3) is 5.92 Å². The van der Waals surface area contributed by atoms with Crippen LogP contribution < -0.4 is 5.32 Å². The summed E-state index contributed by atoms with van der Waals surface area (Å²) in [6, 6.07) is -1.60. The third-order valence-corrected chi connectivity index (χ3v) is 8.37. The van der Waals surface area contributed by atoms with Crippen LogP contribution in [0.1, 0.15) is 83.4 Å². The number of aromatic nitrogens is 3. The molecule has 0 aromatic carbocycles. The monoisotopic (exact) mass is 479 g/mol. The highest BCUT2D eigenvalue weighted by molar-refractivity contribution is 5.90. The van der Waals surface area contributed by atoms with Crippen LogP contribution in [0.2, 0.25) is 0 Å². The Bertz CT molecular complexity index is 964. The summed E-state index contributed by atoms with van der Waals surface area (Å²) in [5.41, 5.74) is -0.622. The Morgan fingerprint density at radius 2 is 1.94 bits per heavy atom. The van der Waals surface area contributed by atoms with Gasteiger partial charge in [0.1, 0.15) is 12.1 Å². The zero-order valence-electron chi connectivity index (χ0n) is 20.1. The fourth-order valence-electron chi connectivity index (χ4n) is 6.25. The lowest BCUT2D eigenvalue weighted by molar-refractivity contribution is -0.144. The van der Waals surface area contributed by atoms with E-state index in [0.717, 1.165) is 31.4 Å². The van der Waals surface area contributed by atoms with E-state index in [9.17, 15) is 23.5 Å². The van der Waals surface area contributed by atoms with Crippen molar-refractivity contribution in [1.29, 1.82) is 0 Å². The van der Waals surface area contributed by atoms with Gasteiger partial charge in [0.15, 0.2) is 0 Å². The lowest BCUT2D eigenvalue weighted by Crippen LogP contribution is -2.50. The highest BCUT2D eigenvalue weighted by Gasteiger charge is 2.79. The molecule has 10 heteroatoms. The Hall–Kier alpha value is -2.10. The molecule has 1 saturated heterocycles. The van der Waals surface area contributed by atoms with Gasteiger partial charge in [0, 0.05) is 37.0 Å². The van der Waals surface area contributed by atoms with Crippen molar-refractivity contribution in [2.24, 2.45) is 16.7 Å². The minimum absolute atomic E-state index is 0.0250. The molecule has 0 radical (unpaired) electrons. The summed E-state index contributed by atoms with van der Waals surface area (Å²) < 4.78 is 30.5. The first-order chi connectivity index (χ1) is 16.0. The molecule has 3 aliphatic carbocycles. The number of likely N-dealkylation sites (tertiary alicyclic amines) is 1. The van der Waals surface area contributed by atoms with E-state index < -0.39 is 46.8 Å². The van der Waals surface area contributed by atoms with Gasteiger partial charge in [-0.25, -0.2) is 13.5 Å². The van der Waals surface area contributed by atoms with Gasteiger partial charge in [-0.3, -0.25) is 9.59 Å². The molecule has 4 aliphatic rings. The van der Waals surface area contributed by atoms with Gasteiger partial charge in [-0.05, 0) is 31.1 Å². The second-order valence-corrected chi connectivity index (χ2v) is 11.8. The number of nitrogens with one attached hydrogen (secondary N) is 1. The van der Waals surface area contributed by atoms with E-state index in [0.29, 0.717) is 18.8 Å². The van der Waals surface area contributed by atoms with E-state index >= 15 is 0 Å². The lowest BCUT2D eigenvalue weighted by atomic mass is 9.85. The normalized spacial score (nSPS) is 30.5. The number of rotatable bonds is 6. The molecule has 2 N–H and O–H groups in total. The number of β-amino-alcohol motifs (C(OH)–C–C–N with tert-alkyl or cyclic N) is 1. The Balaban J connectivity index is 1.30. The van der Waals surface area contributed by atoms with Gasteiger partial charge in [-0.15, -0.1) is 5.10 Å². The van der Waals surface area contributed by atoms with Crippen molar-refractivity contribution >= 4 is 11.8 Å². The molecule has 5 rings (SSSR count). The molecule has 3 saturated carbocycles. The molecule has 1 aromatic heterocycles. The van der Waals surface area contributed by atoms with E-state index in [2.05, 4.69) is 15.6 Å². The lowest BCUT2D eigenvalue weighted by Gasteiger charge is -2.34. The van der Waals surface area contributed by atoms with E-state index in [1.54, 1.807) is 4.68 Å². The summed E-state index contributed by atoms with van der Waals surface area (Å²) in [5, 5.41) is 21.5. The van der Waals surface area contributed by atoms with Crippen LogP contribution in [0.3, 0.4) is 0 Å². The van der Waals surface area contributed by atoms with Crippen molar-refractivity contribution in [3.8, 4) is 0 Å². The van der Waals surface area contributed by atoms with Crippen LogP contribution in [-0.2, 0) is 9.59 Å². The highest BCUT2D eigenvalue weighted by atomic mass is 19.3. The summed E-state index contributed by atoms with van der Waals surface area (Å²) in [4.78, 5) is 28.2. The number of amides is 2. The molecular formula is C24H35F2N5O3. The Morgan fingerprint density at radius 1 is 1.26 bits per heavy atom. The van der Waals surface area contributed by atoms with Gasteiger partial charge in [0.05, 0.1) is 17.7 Å². The van der Waals surface area contributed by atoms with E-state index in [1.165, 1.54) is 4.90 Å². The van der Waals surface area contributed by atoms with Crippen LogP contribution in [0, 0.1) is 16.7 Å². The average Bonchev–Trinajstić information content (AvgIpc) is 3.32. The zero-order chi connectivity index (χ0) is 24.5. The van der Waals surface area contributed by atoms with Gasteiger partial charge >= 0.3 is 0 Å². The van der Waals surface area contributed by atoms with Crippen LogP contribution in [0.15, 0.2) is 6.20 Å². The number of alkyl halides is 2. The first kappa shape index (κ1) is 23.6. The van der Waals surface area contributed by atoms with Gasteiger partial charge in [-0.2, -0.15) is 0 Å². The van der Waals surface area contributed by atoms with Crippen LogP contribution in [0.5, 0.6) is 0 Å². The SMILES string of the molecule is CC(C)(C)[C@H](C(=O)N1C[C@H](O)C[C@H]1C(=O)NCC1C(F)(F)C12CCCC2)n1cc(C2CC2)nn1. The number of halogens is 2. The van der Waals surface area contributed by atoms with Crippen molar-refractivity contribution in [2.45, 2.75) is 95.7 Å². The van der Waals surface area contributed by atoms with E-state index in [4.69, 9.17) is 0 Å². The average molecular weight is 480 g/mol. The fraction of sp³-hybridized carbons (Fsp3) is 0.833. The molecule has 4 fully saturated rings. The number of hydrogen-bond donors (Lipinski definition) is 2. The molecule has 4 atom stereocenters. The molecule has 2 amide bonds. The Morgan fingerprint density at radius 3 is 2.56 bits per heavy atom. The van der Waals surface area contributed by atoms with Crippen molar-refractivity contribution < 1.29 is 23.5 Å². The summed E-state index contributed by atoms with van der Waals surface area (Å²) in [7, 11) is 0. The summed E-state index contributed by atoms with van der Waals surface area (Å²) >= 11 is 0. The van der Waals surface area contributed by atoms with Crippen LogP contribution in [0.25, 0.3) is 0 Å². The van der Waals surface area contributed by atoms with Crippen LogP contribution in [-0.4, -0.2) is 68.0 Å². The number of aliphatic hydroxyl groups is 1. The second kappa shape index (κ2) is 7.96. The number of carbonyl (C=O) groups excluding carboxylic acids is 2. The number of aliphatic hydroxyl groups excluding tert-OH is 1. The smallest absolute Gasteiger partial charge is 0.259 e. The number of nitrogens with zero attached hydrogens (tertiary/aromatic N) is 4. The molecular weight excluding hydrogens is 444 g/mol. The topological polar surface area (TPSA) is 100 Å². The molecule has 0 bridgehead atoms. The summed E-state index contributed by atoms with van der Waals surface area (Å²) in [5.74, 6) is -4.00. The van der Waals surface area contributed by atoms with Gasteiger partial charge < -0.3 is 15.3 Å². The van der Waals surface area contributed by atoms with Crippen molar-refractivity contribution in [2.75, 3.05) is 13.1 Å². The molecule has 1 spiro atoms. The minimum atomic E-state index is -2.74. The molecule has 34 heavy (non-hydrogen) atoms. The predicted octanol–water partition coefficient (Wildman–Crippen LogP) is 2.65. The highest BCUT2D eigenvalue weighted by Crippen LogP contribution is 2.72. The minimum Gasteiger partial charge on any atom is -0.391 e. The standard InChI is InChI=1S/C24H35F2N5O3/c1-22(2,3)19(31-13-16(28-29-31)14-6-7-14)21(34)30-12-15(32)10-17(30)20(33)27-11-18-23(24(18,25)26)8-4-5-9-23/h13-15,17-19,32H,4-12H2,1-3H3,(H,27,33)/t15-,17+,18?,19+/m1/s1. The van der Waals surface area contributed by atoms with Crippen molar-refractivity contribution in [1.82, 2.24) is 25.2 Å². The molecule has 1 aromatic rings. The number of carbonyl (C=O) groups is 2. The molecule has 1 unspecified atom stereocenters. The second-order valence-electron chi connectivity index (χ2n) is 11.8. The van der Waals surface area contributed by atoms with E-state index in [1.807, 2.05) is 27.0 Å². The van der Waals surface area contributed by atoms with Gasteiger partial charge in [-0.1, -0.05) is 38.8 Å². The van der Waals surface area contributed by atoms with E-state index in [-0.39, 0.29) is 25.4 Å². The van der Waals surface area contributed by atoms with Crippen molar-refractivity contribution in [3.63, 3.8) is 0 Å². The van der Waals surface area contributed by atoms with Crippen molar-refractivity contribution in [3.05, 3.63) is 11.9 Å². The molecule has 8 nitrogen and oxygen atoms in total. The molecule has 2 heterocycles. The quantitative estimate of drug-likeness (QED) is 0.654. The predicted molar refractivity (Wildman–Crippen MR) is 119 cm³/mol. The maximum Gasteiger partial charge on any atom is 0.259 e. The Labute approximate surface area is 198 Å². The Kier molecular flexibility index (Phi) is 5.53. The van der Waals surface area contributed by atoms with Gasteiger partial charge in [0.2, 0.25) is 11.8 Å². The summed E-state index contributed by atoms with van der Waals surface area (Å²) in [6.07, 6.45) is 5.79. The largest absolute Gasteiger partial charge is 0.391 e. The van der Waals surface area contributed by atoms with Crippen LogP contribution >= 0.6 is 0 Å². The third kappa shape index (κ3) is 3.82.